The summed E-state index contributed by atoms with van der Waals surface area (Å²) in [7, 11) is 0. The molecule has 6 nitrogen and oxygen atoms in total. The van der Waals surface area contributed by atoms with Gasteiger partial charge in [0.05, 0.1) is 18.0 Å². The number of amides is 1. The maximum absolute atomic E-state index is 12.5. The molecule has 0 saturated carbocycles. The summed E-state index contributed by atoms with van der Waals surface area (Å²) < 4.78 is 5.85. The normalized spacial score (nSPS) is 14.2. The van der Waals surface area contributed by atoms with Gasteiger partial charge in [0.2, 0.25) is 5.91 Å². The van der Waals surface area contributed by atoms with E-state index in [0.29, 0.717) is 16.8 Å². The Kier molecular flexibility index (Phi) is 8.58. The van der Waals surface area contributed by atoms with E-state index in [4.69, 9.17) is 27.9 Å². The van der Waals surface area contributed by atoms with Crippen molar-refractivity contribution in [2.24, 2.45) is 0 Å². The lowest BCUT2D eigenvalue weighted by Gasteiger charge is -2.26. The van der Waals surface area contributed by atoms with Gasteiger partial charge >= 0.3 is 0 Å². The number of ether oxygens (including phenoxy) is 1. The molecule has 0 unspecified atom stereocenters. The minimum Gasteiger partial charge on any atom is -0.493 e. The summed E-state index contributed by atoms with van der Waals surface area (Å²) in [5.41, 5.74) is 2.70. The van der Waals surface area contributed by atoms with Crippen molar-refractivity contribution in [1.82, 2.24) is 15.2 Å². The number of piperazine rings is 1. The van der Waals surface area contributed by atoms with Gasteiger partial charge < -0.3 is 20.3 Å². The molecule has 3 heterocycles. The first kappa shape index (κ1) is 24.0. The number of benzene rings is 1. The number of nitrogens with one attached hydrogen (secondary N) is 2. The molecule has 2 N–H and O–H groups in total. The summed E-state index contributed by atoms with van der Waals surface area (Å²) in [5.74, 6) is 0.603. The maximum Gasteiger partial charge on any atom is 0.229 e. The molecule has 9 heteroatoms. The average Bonchev–Trinajstić information content (AvgIpc) is 3.27. The van der Waals surface area contributed by atoms with Crippen LogP contribution in [0.3, 0.4) is 0 Å². The Morgan fingerprint density at radius 2 is 2.00 bits per heavy atom. The zero-order valence-corrected chi connectivity index (χ0v) is 20.5. The van der Waals surface area contributed by atoms with Crippen LogP contribution in [0.25, 0.3) is 11.1 Å². The summed E-state index contributed by atoms with van der Waals surface area (Å²) in [6.07, 6.45) is 2.82. The van der Waals surface area contributed by atoms with E-state index in [2.05, 4.69) is 20.5 Å². The monoisotopic (exact) mass is 504 g/mol. The van der Waals surface area contributed by atoms with Crippen LogP contribution < -0.4 is 15.4 Å². The largest absolute Gasteiger partial charge is 0.493 e. The number of pyridine rings is 1. The first-order chi connectivity index (χ1) is 16.1. The molecule has 0 aliphatic carbocycles. The predicted octanol–water partition coefficient (Wildman–Crippen LogP) is 4.97. The predicted molar refractivity (Wildman–Crippen MR) is 136 cm³/mol. The molecule has 1 aromatic carbocycles. The molecular formula is C24H26Cl2N4O2S. The highest BCUT2D eigenvalue weighted by Crippen LogP contribution is 2.30. The number of aromatic nitrogens is 1. The molecule has 0 bridgehead atoms. The molecule has 1 amide bonds. The fraction of sp³-hybridized carbons (Fsp3) is 0.333. The van der Waals surface area contributed by atoms with Gasteiger partial charge in [-0.15, -0.1) is 11.3 Å². The first-order valence-corrected chi connectivity index (χ1v) is 12.5. The van der Waals surface area contributed by atoms with Crippen molar-refractivity contribution in [2.75, 3.05) is 44.6 Å². The second-order valence-corrected chi connectivity index (χ2v) is 9.54. The summed E-state index contributed by atoms with van der Waals surface area (Å²) in [5, 5.41) is 10.0. The number of hydrogen-bond donors (Lipinski definition) is 2. The summed E-state index contributed by atoms with van der Waals surface area (Å²) in [6, 6.07) is 11.1. The minimum atomic E-state index is -0.122. The van der Waals surface area contributed by atoms with Crippen LogP contribution in [0.15, 0.2) is 48.0 Å². The van der Waals surface area contributed by atoms with Gasteiger partial charge in [-0.1, -0.05) is 29.3 Å². The molecule has 1 saturated heterocycles. The lowest BCUT2D eigenvalue weighted by molar-refractivity contribution is -0.115. The number of hydrogen-bond acceptors (Lipinski definition) is 6. The second-order valence-electron chi connectivity index (χ2n) is 7.84. The quantitative estimate of drug-likeness (QED) is 0.318. The third-order valence-electron chi connectivity index (χ3n) is 5.39. The van der Waals surface area contributed by atoms with Gasteiger partial charge in [-0.3, -0.25) is 4.79 Å². The Hall–Kier alpha value is -2.16. The summed E-state index contributed by atoms with van der Waals surface area (Å²) in [6.45, 7) is 5.97. The number of halogens is 2. The maximum atomic E-state index is 12.5. The standard InChI is InChI=1S/C24H26Cl2N4O2S/c25-21-15-20(32-11-1-8-30-9-6-27-7-10-30)3-2-18(21)13-23(31)29-24-14-19(16-33-24)17-4-5-28-22(26)12-17/h2-5,12,14-16,27H,1,6-11,13H2,(H,29,31). The van der Waals surface area contributed by atoms with E-state index in [1.165, 1.54) is 11.3 Å². The number of nitrogens with zero attached hydrogens (tertiary/aromatic N) is 2. The van der Waals surface area contributed by atoms with Gasteiger partial charge in [-0.05, 0) is 53.4 Å². The van der Waals surface area contributed by atoms with E-state index in [9.17, 15) is 4.79 Å². The third kappa shape index (κ3) is 7.16. The van der Waals surface area contributed by atoms with E-state index in [-0.39, 0.29) is 12.3 Å². The van der Waals surface area contributed by atoms with Gasteiger partial charge in [-0.25, -0.2) is 4.98 Å². The van der Waals surface area contributed by atoms with Crippen molar-refractivity contribution in [1.29, 1.82) is 0 Å². The smallest absolute Gasteiger partial charge is 0.229 e. The van der Waals surface area contributed by atoms with Crippen LogP contribution in [0.4, 0.5) is 5.00 Å². The van der Waals surface area contributed by atoms with Crippen LogP contribution >= 0.6 is 34.5 Å². The molecule has 2 aromatic heterocycles. The van der Waals surface area contributed by atoms with Crippen molar-refractivity contribution < 1.29 is 9.53 Å². The molecule has 4 rings (SSSR count). The Morgan fingerprint density at radius 1 is 1.15 bits per heavy atom. The molecule has 1 aliphatic rings. The summed E-state index contributed by atoms with van der Waals surface area (Å²) >= 11 is 13.8. The highest BCUT2D eigenvalue weighted by atomic mass is 35.5. The summed E-state index contributed by atoms with van der Waals surface area (Å²) in [4.78, 5) is 19.0. The van der Waals surface area contributed by atoms with E-state index in [0.717, 1.165) is 66.6 Å². The number of anilines is 1. The van der Waals surface area contributed by atoms with Crippen LogP contribution in [0.5, 0.6) is 5.75 Å². The molecule has 0 atom stereocenters. The average molecular weight is 505 g/mol. The molecular weight excluding hydrogens is 479 g/mol. The SMILES string of the molecule is O=C(Cc1ccc(OCCCN2CCNCC2)cc1Cl)Nc1cc(-c2ccnc(Cl)c2)cs1. The highest BCUT2D eigenvalue weighted by molar-refractivity contribution is 7.14. The molecule has 0 radical (unpaired) electrons. The van der Waals surface area contributed by atoms with Crippen molar-refractivity contribution in [3.63, 3.8) is 0 Å². The van der Waals surface area contributed by atoms with E-state index < -0.39 is 0 Å². The third-order valence-corrected chi connectivity index (χ3v) is 6.80. The lowest BCUT2D eigenvalue weighted by atomic mass is 10.1. The van der Waals surface area contributed by atoms with Crippen LogP contribution in [-0.2, 0) is 11.2 Å². The molecule has 33 heavy (non-hydrogen) atoms. The van der Waals surface area contributed by atoms with Crippen LogP contribution in [-0.4, -0.2) is 55.1 Å². The molecule has 174 valence electrons. The van der Waals surface area contributed by atoms with E-state index in [1.54, 1.807) is 18.3 Å². The topological polar surface area (TPSA) is 66.5 Å². The molecule has 1 fully saturated rings. The van der Waals surface area contributed by atoms with Gasteiger partial charge in [-0.2, -0.15) is 0 Å². The molecule has 1 aliphatic heterocycles. The van der Waals surface area contributed by atoms with E-state index >= 15 is 0 Å². The zero-order chi connectivity index (χ0) is 23.0. The van der Waals surface area contributed by atoms with Crippen molar-refractivity contribution >= 4 is 45.4 Å². The number of rotatable bonds is 9. The fourth-order valence-electron chi connectivity index (χ4n) is 3.66. The Balaban J connectivity index is 1.25. The Morgan fingerprint density at radius 3 is 2.79 bits per heavy atom. The molecule has 3 aromatic rings. The van der Waals surface area contributed by atoms with Crippen LogP contribution in [0.2, 0.25) is 10.2 Å². The van der Waals surface area contributed by atoms with Crippen LogP contribution in [0, 0.1) is 0 Å². The van der Waals surface area contributed by atoms with E-state index in [1.807, 2.05) is 29.6 Å². The van der Waals surface area contributed by atoms with Crippen molar-refractivity contribution in [3.05, 3.63) is 63.7 Å². The second kappa shape index (κ2) is 11.8. The molecule has 0 spiro atoms. The van der Waals surface area contributed by atoms with Crippen LogP contribution in [0.1, 0.15) is 12.0 Å². The minimum absolute atomic E-state index is 0.122. The van der Waals surface area contributed by atoms with Crippen molar-refractivity contribution in [2.45, 2.75) is 12.8 Å². The Labute approximate surface area is 207 Å². The van der Waals surface area contributed by atoms with Gasteiger partial charge in [0.25, 0.3) is 0 Å². The van der Waals surface area contributed by atoms with Crippen molar-refractivity contribution in [3.8, 4) is 16.9 Å². The number of carbonyl (C=O) groups is 1. The fourth-order valence-corrected chi connectivity index (χ4v) is 4.90. The van der Waals surface area contributed by atoms with Gasteiger partial charge in [0.15, 0.2) is 0 Å². The first-order valence-electron chi connectivity index (χ1n) is 10.9. The van der Waals surface area contributed by atoms with Gasteiger partial charge in [0.1, 0.15) is 10.9 Å². The zero-order valence-electron chi connectivity index (χ0n) is 18.2. The Bertz CT molecular complexity index is 1090. The number of thiophene rings is 1. The lowest BCUT2D eigenvalue weighted by Crippen LogP contribution is -2.43. The highest BCUT2D eigenvalue weighted by Gasteiger charge is 2.12. The number of carbonyl (C=O) groups excluding carboxylic acids is 1. The van der Waals surface area contributed by atoms with Gasteiger partial charge in [0, 0.05) is 49.3 Å².